The second-order valence-corrected chi connectivity index (χ2v) is 10.9. The summed E-state index contributed by atoms with van der Waals surface area (Å²) in [6.45, 7) is -0.157. The minimum atomic E-state index is -1.06. The molecule has 1 saturated carbocycles. The third-order valence-corrected chi connectivity index (χ3v) is 7.93. The van der Waals surface area contributed by atoms with Gasteiger partial charge < -0.3 is 29.2 Å². The van der Waals surface area contributed by atoms with Gasteiger partial charge in [0, 0.05) is 18.2 Å². The standard InChI is InChI=1S/C32H33FN6O6/c1-42-25-14-10-22(16-27(25)43-2)31-35-37-39(36-31)18-29(40)38(17-20-7-13-26-28(15-20)45-19-44-26)30(21-8-11-23(33)12-9-21)32(41)34-24-5-3-4-6-24/h7-16,24,30H,3-6,17-19H2,1-2H3,(H,34,41)/t30-/m1/s1. The third kappa shape index (κ3) is 6.66. The van der Waals surface area contributed by atoms with E-state index < -0.39 is 17.8 Å². The van der Waals surface area contributed by atoms with Gasteiger partial charge in [-0.1, -0.05) is 31.0 Å². The van der Waals surface area contributed by atoms with Crippen molar-refractivity contribution in [2.24, 2.45) is 0 Å². The van der Waals surface area contributed by atoms with Crippen molar-refractivity contribution >= 4 is 11.8 Å². The van der Waals surface area contributed by atoms with E-state index in [2.05, 4.69) is 20.7 Å². The Morgan fingerprint density at radius 3 is 2.51 bits per heavy atom. The van der Waals surface area contributed by atoms with Crippen molar-refractivity contribution in [2.75, 3.05) is 21.0 Å². The predicted octanol–water partition coefficient (Wildman–Crippen LogP) is 4.05. The first-order valence-electron chi connectivity index (χ1n) is 14.7. The SMILES string of the molecule is COc1ccc(-c2nnn(CC(=O)N(Cc3ccc4c(c3)OCO4)[C@@H](C(=O)NC3CCCC3)c3ccc(F)cc3)n2)cc1OC. The van der Waals surface area contributed by atoms with E-state index in [4.69, 9.17) is 18.9 Å². The molecular weight excluding hydrogens is 583 g/mol. The molecule has 2 aliphatic rings. The number of tetrazole rings is 1. The van der Waals surface area contributed by atoms with Crippen LogP contribution in [0, 0.1) is 5.82 Å². The Balaban J connectivity index is 1.32. The molecule has 2 heterocycles. The van der Waals surface area contributed by atoms with Gasteiger partial charge in [-0.2, -0.15) is 4.80 Å². The van der Waals surface area contributed by atoms with Crippen LogP contribution in [0.2, 0.25) is 0 Å². The molecule has 1 atom stereocenters. The Kier molecular flexibility index (Phi) is 8.76. The predicted molar refractivity (Wildman–Crippen MR) is 159 cm³/mol. The molecule has 234 valence electrons. The molecule has 0 saturated heterocycles. The quantitative estimate of drug-likeness (QED) is 0.265. The topological polar surface area (TPSA) is 130 Å². The fourth-order valence-corrected chi connectivity index (χ4v) is 5.64. The lowest BCUT2D eigenvalue weighted by Gasteiger charge is -2.32. The van der Waals surface area contributed by atoms with Crippen molar-refractivity contribution in [3.63, 3.8) is 0 Å². The van der Waals surface area contributed by atoms with Gasteiger partial charge in [-0.15, -0.1) is 10.2 Å². The van der Waals surface area contributed by atoms with E-state index in [0.717, 1.165) is 25.7 Å². The molecule has 0 spiro atoms. The summed E-state index contributed by atoms with van der Waals surface area (Å²) in [6.07, 6.45) is 3.76. The summed E-state index contributed by atoms with van der Waals surface area (Å²) in [7, 11) is 3.07. The van der Waals surface area contributed by atoms with Crippen molar-refractivity contribution < 1.29 is 32.9 Å². The second-order valence-electron chi connectivity index (χ2n) is 10.9. The van der Waals surface area contributed by atoms with E-state index >= 15 is 0 Å². The van der Waals surface area contributed by atoms with Crippen LogP contribution >= 0.6 is 0 Å². The van der Waals surface area contributed by atoms with Gasteiger partial charge in [0.05, 0.1) is 14.2 Å². The molecule has 13 heteroatoms. The van der Waals surface area contributed by atoms with Crippen LogP contribution in [0.5, 0.6) is 23.0 Å². The smallest absolute Gasteiger partial charge is 0.247 e. The Morgan fingerprint density at radius 2 is 1.76 bits per heavy atom. The maximum absolute atomic E-state index is 14.2. The zero-order valence-electron chi connectivity index (χ0n) is 24.9. The number of nitrogens with one attached hydrogen (secondary N) is 1. The minimum Gasteiger partial charge on any atom is -0.493 e. The highest BCUT2D eigenvalue weighted by Crippen LogP contribution is 2.34. The lowest BCUT2D eigenvalue weighted by molar-refractivity contribution is -0.142. The molecule has 1 aliphatic carbocycles. The molecule has 6 rings (SSSR count). The average molecular weight is 617 g/mol. The summed E-state index contributed by atoms with van der Waals surface area (Å²) >= 11 is 0. The Labute approximate surface area is 259 Å². The summed E-state index contributed by atoms with van der Waals surface area (Å²) in [4.78, 5) is 30.7. The number of hydrogen-bond acceptors (Lipinski definition) is 9. The number of halogens is 1. The number of amides is 2. The van der Waals surface area contributed by atoms with Gasteiger partial charge in [0.15, 0.2) is 23.0 Å². The number of hydrogen-bond donors (Lipinski definition) is 1. The highest BCUT2D eigenvalue weighted by atomic mass is 19.1. The second kappa shape index (κ2) is 13.2. The fourth-order valence-electron chi connectivity index (χ4n) is 5.64. The van der Waals surface area contributed by atoms with E-state index in [1.54, 1.807) is 37.4 Å². The third-order valence-electron chi connectivity index (χ3n) is 7.93. The van der Waals surface area contributed by atoms with Crippen molar-refractivity contribution in [1.29, 1.82) is 0 Å². The molecule has 1 N–H and O–H groups in total. The number of carbonyl (C=O) groups excluding carboxylic acids is 2. The number of carbonyl (C=O) groups is 2. The summed E-state index contributed by atoms with van der Waals surface area (Å²) in [5.41, 5.74) is 1.80. The monoisotopic (exact) mass is 616 g/mol. The van der Waals surface area contributed by atoms with Gasteiger partial charge >= 0.3 is 0 Å². The Morgan fingerprint density at radius 1 is 1.00 bits per heavy atom. The molecule has 1 aliphatic heterocycles. The summed E-state index contributed by atoms with van der Waals surface area (Å²) in [6, 6.07) is 15.1. The zero-order chi connectivity index (χ0) is 31.3. The van der Waals surface area contributed by atoms with E-state index in [9.17, 15) is 14.0 Å². The number of methoxy groups -OCH3 is 2. The van der Waals surface area contributed by atoms with Crippen molar-refractivity contribution in [2.45, 2.75) is 50.9 Å². The van der Waals surface area contributed by atoms with Gasteiger partial charge in [-0.25, -0.2) is 4.39 Å². The molecule has 0 radical (unpaired) electrons. The molecule has 3 aromatic carbocycles. The summed E-state index contributed by atoms with van der Waals surface area (Å²) < 4.78 is 35.7. The first-order chi connectivity index (χ1) is 21.9. The van der Waals surface area contributed by atoms with Crippen LogP contribution in [0.3, 0.4) is 0 Å². The normalized spacial score (nSPS) is 14.6. The van der Waals surface area contributed by atoms with Crippen molar-refractivity contribution in [1.82, 2.24) is 30.4 Å². The Hall–Kier alpha value is -5.20. The van der Waals surface area contributed by atoms with E-state index in [-0.39, 0.29) is 37.7 Å². The first-order valence-corrected chi connectivity index (χ1v) is 14.7. The van der Waals surface area contributed by atoms with Gasteiger partial charge in [-0.05, 0) is 71.6 Å². The van der Waals surface area contributed by atoms with Crippen molar-refractivity contribution in [3.8, 4) is 34.4 Å². The van der Waals surface area contributed by atoms with Crippen molar-refractivity contribution in [3.05, 3.63) is 77.6 Å². The van der Waals surface area contributed by atoms with Gasteiger partial charge in [0.2, 0.25) is 24.4 Å². The van der Waals surface area contributed by atoms with Crippen LogP contribution in [0.1, 0.15) is 42.9 Å². The molecule has 1 fully saturated rings. The molecule has 0 unspecified atom stereocenters. The zero-order valence-corrected chi connectivity index (χ0v) is 24.9. The van der Waals surface area contributed by atoms with Crippen LogP contribution < -0.4 is 24.3 Å². The maximum Gasteiger partial charge on any atom is 0.247 e. The highest BCUT2D eigenvalue weighted by Gasteiger charge is 2.34. The minimum absolute atomic E-state index is 0.00368. The van der Waals surface area contributed by atoms with Crippen LogP contribution in [-0.4, -0.2) is 64.0 Å². The maximum atomic E-state index is 14.2. The molecule has 0 bridgehead atoms. The largest absolute Gasteiger partial charge is 0.493 e. The van der Waals surface area contributed by atoms with Crippen LogP contribution in [-0.2, 0) is 22.7 Å². The first kappa shape index (κ1) is 29.9. The molecule has 12 nitrogen and oxygen atoms in total. The lowest BCUT2D eigenvalue weighted by atomic mass is 10.0. The summed E-state index contributed by atoms with van der Waals surface area (Å²) in [5, 5.41) is 15.8. The number of nitrogens with zero attached hydrogens (tertiary/aromatic N) is 5. The van der Waals surface area contributed by atoms with E-state index in [1.807, 2.05) is 6.07 Å². The molecule has 45 heavy (non-hydrogen) atoms. The van der Waals surface area contributed by atoms with E-state index in [0.29, 0.717) is 39.7 Å². The summed E-state index contributed by atoms with van der Waals surface area (Å²) in [5.74, 6) is 1.22. The lowest BCUT2D eigenvalue weighted by Crippen LogP contribution is -2.46. The average Bonchev–Trinajstić information content (AvgIpc) is 3.84. The van der Waals surface area contributed by atoms with Gasteiger partial charge in [-0.3, -0.25) is 9.59 Å². The Bertz CT molecular complexity index is 1670. The molecule has 2 amide bonds. The van der Waals surface area contributed by atoms with Crippen LogP contribution in [0.25, 0.3) is 11.4 Å². The number of benzene rings is 3. The molecule has 4 aromatic rings. The van der Waals surface area contributed by atoms with Gasteiger partial charge in [0.25, 0.3) is 0 Å². The van der Waals surface area contributed by atoms with Gasteiger partial charge in [0.1, 0.15) is 18.4 Å². The van der Waals surface area contributed by atoms with Crippen LogP contribution in [0.4, 0.5) is 4.39 Å². The highest BCUT2D eigenvalue weighted by molar-refractivity contribution is 5.89. The number of ether oxygens (including phenoxy) is 4. The fraction of sp³-hybridized carbons (Fsp3) is 0.344. The number of fused-ring (bicyclic) bond motifs is 1. The molecule has 1 aromatic heterocycles. The number of rotatable bonds is 11. The van der Waals surface area contributed by atoms with E-state index in [1.165, 1.54) is 41.1 Å². The molecular formula is C32H33FN6O6. The number of aromatic nitrogens is 4. The van der Waals surface area contributed by atoms with Crippen LogP contribution in [0.15, 0.2) is 60.7 Å².